The topological polar surface area (TPSA) is 62.6 Å². The summed E-state index contributed by atoms with van der Waals surface area (Å²) >= 11 is 7.86. The Kier molecular flexibility index (Phi) is 5.97. The first-order chi connectivity index (χ1) is 13.6. The standard InChI is InChI=1S/C21H23ClN2O3S/c22-17-9-5-4-8-16(17)20(26)24-18(13-28-21(24)14-10-11-27-12-14)19(25)23-15-6-2-1-3-7-15/h4-5,8-12,15,18,21H,1-3,6-7,13H2,(H,23,25). The van der Waals surface area contributed by atoms with Gasteiger partial charge >= 0.3 is 0 Å². The van der Waals surface area contributed by atoms with Crippen molar-refractivity contribution < 1.29 is 14.0 Å². The summed E-state index contributed by atoms with van der Waals surface area (Å²) in [6.07, 6.45) is 8.75. The molecule has 2 amide bonds. The molecule has 4 rings (SSSR count). The number of furan rings is 1. The minimum atomic E-state index is -0.532. The van der Waals surface area contributed by atoms with Crippen molar-refractivity contribution in [2.24, 2.45) is 0 Å². The molecule has 1 aliphatic heterocycles. The molecule has 2 atom stereocenters. The molecule has 1 N–H and O–H groups in total. The van der Waals surface area contributed by atoms with E-state index in [0.717, 1.165) is 31.2 Å². The zero-order chi connectivity index (χ0) is 19.5. The maximum absolute atomic E-state index is 13.4. The number of benzene rings is 1. The van der Waals surface area contributed by atoms with Gasteiger partial charge in [0.2, 0.25) is 5.91 Å². The van der Waals surface area contributed by atoms with Crippen molar-refractivity contribution in [3.63, 3.8) is 0 Å². The summed E-state index contributed by atoms with van der Waals surface area (Å²) in [5, 5.41) is 3.29. The minimum Gasteiger partial charge on any atom is -0.472 e. The third-order valence-electron chi connectivity index (χ3n) is 5.42. The summed E-state index contributed by atoms with van der Waals surface area (Å²) in [7, 11) is 0. The summed E-state index contributed by atoms with van der Waals surface area (Å²) < 4.78 is 5.22. The highest BCUT2D eigenvalue weighted by molar-refractivity contribution is 7.99. The molecule has 1 aromatic heterocycles. The van der Waals surface area contributed by atoms with Crippen molar-refractivity contribution in [1.29, 1.82) is 0 Å². The lowest BCUT2D eigenvalue weighted by Crippen LogP contribution is -2.50. The molecule has 7 heteroatoms. The molecular formula is C21H23ClN2O3S. The van der Waals surface area contributed by atoms with Crippen LogP contribution in [0.25, 0.3) is 0 Å². The Labute approximate surface area is 173 Å². The molecular weight excluding hydrogens is 396 g/mol. The zero-order valence-electron chi connectivity index (χ0n) is 15.5. The van der Waals surface area contributed by atoms with Crippen molar-refractivity contribution >= 4 is 35.2 Å². The molecule has 2 fully saturated rings. The quantitative estimate of drug-likeness (QED) is 0.785. The maximum atomic E-state index is 13.4. The second-order valence-electron chi connectivity index (χ2n) is 7.29. The van der Waals surface area contributed by atoms with E-state index in [9.17, 15) is 9.59 Å². The third kappa shape index (κ3) is 3.94. The van der Waals surface area contributed by atoms with Gasteiger partial charge in [-0.1, -0.05) is 43.0 Å². The molecule has 0 spiro atoms. The van der Waals surface area contributed by atoms with Gasteiger partial charge in [0.25, 0.3) is 5.91 Å². The highest BCUT2D eigenvalue weighted by Crippen LogP contribution is 2.43. The Morgan fingerprint density at radius 1 is 1.14 bits per heavy atom. The molecule has 1 saturated heterocycles. The first kappa shape index (κ1) is 19.4. The Morgan fingerprint density at radius 2 is 1.93 bits per heavy atom. The molecule has 2 aromatic rings. The fourth-order valence-corrected chi connectivity index (χ4v) is 5.57. The number of hydrogen-bond acceptors (Lipinski definition) is 4. The number of halogens is 1. The molecule has 1 saturated carbocycles. The van der Waals surface area contributed by atoms with Gasteiger partial charge in [-0.05, 0) is 31.0 Å². The van der Waals surface area contributed by atoms with E-state index >= 15 is 0 Å². The van der Waals surface area contributed by atoms with Crippen LogP contribution in [0.5, 0.6) is 0 Å². The lowest BCUT2D eigenvalue weighted by Gasteiger charge is -2.30. The number of nitrogens with one attached hydrogen (secondary N) is 1. The van der Waals surface area contributed by atoms with Gasteiger partial charge in [-0.2, -0.15) is 0 Å². The first-order valence-electron chi connectivity index (χ1n) is 9.66. The van der Waals surface area contributed by atoms with Crippen LogP contribution >= 0.6 is 23.4 Å². The number of amides is 2. The van der Waals surface area contributed by atoms with Crippen LogP contribution in [0.4, 0.5) is 0 Å². The number of rotatable bonds is 4. The van der Waals surface area contributed by atoms with Crippen molar-refractivity contribution in [2.45, 2.75) is 49.6 Å². The number of carbonyl (C=O) groups excluding carboxylic acids is 2. The molecule has 0 radical (unpaired) electrons. The van der Waals surface area contributed by atoms with Gasteiger partial charge in [0.05, 0.1) is 23.1 Å². The molecule has 148 valence electrons. The Balaban J connectivity index is 1.60. The van der Waals surface area contributed by atoms with Crippen LogP contribution in [0.1, 0.15) is 53.4 Å². The number of carbonyl (C=O) groups is 2. The lowest BCUT2D eigenvalue weighted by atomic mass is 9.95. The van der Waals surface area contributed by atoms with Crippen LogP contribution in [0.2, 0.25) is 5.02 Å². The smallest absolute Gasteiger partial charge is 0.257 e. The van der Waals surface area contributed by atoms with E-state index in [-0.39, 0.29) is 23.2 Å². The van der Waals surface area contributed by atoms with Crippen molar-refractivity contribution in [3.8, 4) is 0 Å². The molecule has 5 nitrogen and oxygen atoms in total. The summed E-state index contributed by atoms with van der Waals surface area (Å²) in [6, 6.07) is 8.49. The average Bonchev–Trinajstić information content (AvgIpc) is 3.38. The molecule has 1 aliphatic carbocycles. The Hall–Kier alpha value is -1.92. The summed E-state index contributed by atoms with van der Waals surface area (Å²) in [6.45, 7) is 0. The van der Waals surface area contributed by atoms with E-state index in [1.54, 1.807) is 53.5 Å². The van der Waals surface area contributed by atoms with Crippen LogP contribution in [-0.4, -0.2) is 34.6 Å². The SMILES string of the molecule is O=C(NC1CCCCC1)C1CSC(c2ccoc2)N1C(=O)c1ccccc1Cl. The first-order valence-corrected chi connectivity index (χ1v) is 11.1. The Morgan fingerprint density at radius 3 is 2.64 bits per heavy atom. The zero-order valence-corrected chi connectivity index (χ0v) is 17.0. The van der Waals surface area contributed by atoms with Gasteiger partial charge in [-0.3, -0.25) is 9.59 Å². The van der Waals surface area contributed by atoms with Crippen LogP contribution in [0.3, 0.4) is 0 Å². The fraction of sp³-hybridized carbons (Fsp3) is 0.429. The van der Waals surface area contributed by atoms with Crippen molar-refractivity contribution in [2.75, 3.05) is 5.75 Å². The monoisotopic (exact) mass is 418 g/mol. The highest BCUT2D eigenvalue weighted by Gasteiger charge is 2.43. The lowest BCUT2D eigenvalue weighted by molar-refractivity contribution is -0.125. The molecule has 2 aliphatic rings. The number of nitrogens with zero attached hydrogens (tertiary/aromatic N) is 1. The van der Waals surface area contributed by atoms with E-state index in [1.165, 1.54) is 6.42 Å². The third-order valence-corrected chi connectivity index (χ3v) is 7.07. The van der Waals surface area contributed by atoms with E-state index in [1.807, 2.05) is 6.07 Å². The second kappa shape index (κ2) is 8.62. The molecule has 0 bridgehead atoms. The summed E-state index contributed by atoms with van der Waals surface area (Å²) in [4.78, 5) is 28.1. The van der Waals surface area contributed by atoms with E-state index in [2.05, 4.69) is 5.32 Å². The predicted octanol–water partition coefficient (Wildman–Crippen LogP) is 4.64. The largest absolute Gasteiger partial charge is 0.472 e. The van der Waals surface area contributed by atoms with Crippen molar-refractivity contribution in [3.05, 3.63) is 59.0 Å². The van der Waals surface area contributed by atoms with E-state index in [4.69, 9.17) is 16.0 Å². The van der Waals surface area contributed by atoms with E-state index in [0.29, 0.717) is 16.3 Å². The van der Waals surface area contributed by atoms with Crippen molar-refractivity contribution in [1.82, 2.24) is 10.2 Å². The van der Waals surface area contributed by atoms with Gasteiger partial charge in [0.15, 0.2) is 0 Å². The molecule has 2 unspecified atom stereocenters. The summed E-state index contributed by atoms with van der Waals surface area (Å²) in [5.41, 5.74) is 1.29. The average molecular weight is 419 g/mol. The summed E-state index contributed by atoms with van der Waals surface area (Å²) in [5.74, 6) is 0.237. The van der Waals surface area contributed by atoms with Crippen LogP contribution in [-0.2, 0) is 4.79 Å². The van der Waals surface area contributed by atoms with Crippen LogP contribution in [0.15, 0.2) is 47.3 Å². The Bertz CT molecular complexity index is 836. The normalized spacial score (nSPS) is 23.0. The highest BCUT2D eigenvalue weighted by atomic mass is 35.5. The predicted molar refractivity (Wildman–Crippen MR) is 110 cm³/mol. The van der Waals surface area contributed by atoms with Gasteiger partial charge in [-0.15, -0.1) is 11.8 Å². The van der Waals surface area contributed by atoms with Gasteiger partial charge < -0.3 is 14.6 Å². The second-order valence-corrected chi connectivity index (χ2v) is 8.81. The van der Waals surface area contributed by atoms with Gasteiger partial charge in [0.1, 0.15) is 11.4 Å². The van der Waals surface area contributed by atoms with Crippen LogP contribution < -0.4 is 5.32 Å². The van der Waals surface area contributed by atoms with Crippen LogP contribution in [0, 0.1) is 0 Å². The molecule has 1 aromatic carbocycles. The maximum Gasteiger partial charge on any atom is 0.257 e. The van der Waals surface area contributed by atoms with Gasteiger partial charge in [0, 0.05) is 17.4 Å². The van der Waals surface area contributed by atoms with Gasteiger partial charge in [-0.25, -0.2) is 0 Å². The molecule has 2 heterocycles. The molecule has 28 heavy (non-hydrogen) atoms. The minimum absolute atomic E-state index is 0.0780. The number of hydrogen-bond donors (Lipinski definition) is 1. The fourth-order valence-electron chi connectivity index (χ4n) is 3.95. The van der Waals surface area contributed by atoms with E-state index < -0.39 is 6.04 Å². The number of thioether (sulfide) groups is 1.